The van der Waals surface area contributed by atoms with Gasteiger partial charge in [-0.05, 0) is 38.5 Å². The van der Waals surface area contributed by atoms with Crippen LogP contribution in [0.5, 0.6) is 0 Å². The molecule has 0 amide bonds. The van der Waals surface area contributed by atoms with E-state index >= 15 is 0 Å². The molecule has 0 aliphatic carbocycles. The van der Waals surface area contributed by atoms with E-state index in [-0.39, 0.29) is 12.1 Å². The molecule has 0 aromatic carbocycles. The van der Waals surface area contributed by atoms with Crippen molar-refractivity contribution in [3.63, 3.8) is 0 Å². The smallest absolute Gasteiger partial charge is 0.306 e. The molecule has 0 rings (SSSR count). The topological polar surface area (TPSA) is 26.3 Å². The van der Waals surface area contributed by atoms with Crippen LogP contribution >= 0.6 is 15.9 Å². The van der Waals surface area contributed by atoms with Crippen molar-refractivity contribution >= 4 is 21.9 Å². The van der Waals surface area contributed by atoms with E-state index in [2.05, 4.69) is 29.8 Å². The van der Waals surface area contributed by atoms with Crippen LogP contribution in [0.25, 0.3) is 0 Å². The molecule has 3 heteroatoms. The fourth-order valence-electron chi connectivity index (χ4n) is 3.35. The van der Waals surface area contributed by atoms with Gasteiger partial charge in [0.2, 0.25) is 0 Å². The molecule has 0 heterocycles. The number of rotatable bonds is 20. The predicted molar refractivity (Wildman–Crippen MR) is 118 cm³/mol. The molecule has 2 nitrogen and oxygen atoms in total. The molecule has 0 aromatic heterocycles. The summed E-state index contributed by atoms with van der Waals surface area (Å²) in [6.07, 6.45) is 21.8. The first-order valence-corrected chi connectivity index (χ1v) is 12.6. The molecule has 0 saturated heterocycles. The van der Waals surface area contributed by atoms with Gasteiger partial charge >= 0.3 is 5.97 Å². The van der Waals surface area contributed by atoms with Crippen LogP contribution in [0.15, 0.2) is 0 Å². The van der Waals surface area contributed by atoms with E-state index in [1.165, 1.54) is 77.0 Å². The van der Waals surface area contributed by atoms with Crippen molar-refractivity contribution < 1.29 is 9.53 Å². The second-order valence-electron chi connectivity index (χ2n) is 7.72. The molecule has 0 aliphatic heterocycles. The highest BCUT2D eigenvalue weighted by Crippen LogP contribution is 2.18. The van der Waals surface area contributed by atoms with Gasteiger partial charge in [-0.25, -0.2) is 0 Å². The molecule has 0 radical (unpaired) electrons. The van der Waals surface area contributed by atoms with Gasteiger partial charge in [-0.15, -0.1) is 0 Å². The number of carbonyl (C=O) groups is 1. The Kier molecular flexibility index (Phi) is 21.2. The van der Waals surface area contributed by atoms with Crippen molar-refractivity contribution in [3.05, 3.63) is 0 Å². The molecule has 0 aliphatic rings. The minimum absolute atomic E-state index is 0.0292. The standard InChI is InChI=1S/C23H45BrO2/c1-3-5-7-9-11-14-18-22(19-15-12-10-8-6-4-2)26-23(25)20-16-13-17-21-24/h22H,3-21H2,1-2H3. The fourth-order valence-corrected chi connectivity index (χ4v) is 3.75. The number of alkyl halides is 1. The molecule has 0 unspecified atom stereocenters. The van der Waals surface area contributed by atoms with Crippen LogP contribution in [0.2, 0.25) is 0 Å². The molecule has 0 saturated carbocycles. The molecular weight excluding hydrogens is 388 g/mol. The third-order valence-electron chi connectivity index (χ3n) is 5.07. The highest BCUT2D eigenvalue weighted by Gasteiger charge is 2.14. The van der Waals surface area contributed by atoms with Gasteiger partial charge < -0.3 is 4.74 Å². The van der Waals surface area contributed by atoms with Gasteiger partial charge in [-0.1, -0.05) is 100 Å². The first kappa shape index (κ1) is 26.0. The van der Waals surface area contributed by atoms with Crippen molar-refractivity contribution in [1.29, 1.82) is 0 Å². The second-order valence-corrected chi connectivity index (χ2v) is 8.52. The summed E-state index contributed by atoms with van der Waals surface area (Å²) in [5, 5.41) is 1.03. The van der Waals surface area contributed by atoms with Crippen molar-refractivity contribution in [1.82, 2.24) is 0 Å². The highest BCUT2D eigenvalue weighted by molar-refractivity contribution is 9.09. The van der Waals surface area contributed by atoms with E-state index in [4.69, 9.17) is 4.74 Å². The lowest BCUT2D eigenvalue weighted by Crippen LogP contribution is -2.18. The summed E-state index contributed by atoms with van der Waals surface area (Å²) >= 11 is 3.44. The highest BCUT2D eigenvalue weighted by atomic mass is 79.9. The van der Waals surface area contributed by atoms with E-state index in [0.29, 0.717) is 6.42 Å². The number of esters is 1. The molecule has 0 atom stereocenters. The Morgan fingerprint density at radius 3 is 1.65 bits per heavy atom. The van der Waals surface area contributed by atoms with Crippen LogP contribution in [-0.2, 0) is 9.53 Å². The normalized spacial score (nSPS) is 11.2. The summed E-state index contributed by atoms with van der Waals surface area (Å²) < 4.78 is 5.84. The predicted octanol–water partition coefficient (Wildman–Crippen LogP) is 8.35. The summed E-state index contributed by atoms with van der Waals surface area (Å²) in [6.45, 7) is 4.52. The van der Waals surface area contributed by atoms with Gasteiger partial charge in [-0.2, -0.15) is 0 Å². The Morgan fingerprint density at radius 1 is 0.692 bits per heavy atom. The summed E-state index contributed by atoms with van der Waals surface area (Å²) in [6, 6.07) is 0. The Labute approximate surface area is 172 Å². The fraction of sp³-hybridized carbons (Fsp3) is 0.957. The lowest BCUT2D eigenvalue weighted by molar-refractivity contribution is -0.150. The average Bonchev–Trinajstić information content (AvgIpc) is 2.64. The van der Waals surface area contributed by atoms with Crippen LogP contribution in [0.3, 0.4) is 0 Å². The van der Waals surface area contributed by atoms with Crippen molar-refractivity contribution in [2.75, 3.05) is 5.33 Å². The Bertz CT molecular complexity index is 278. The molecule has 0 N–H and O–H groups in total. The maximum Gasteiger partial charge on any atom is 0.306 e. The van der Waals surface area contributed by atoms with E-state index in [0.717, 1.165) is 37.4 Å². The summed E-state index contributed by atoms with van der Waals surface area (Å²) in [4.78, 5) is 12.1. The van der Waals surface area contributed by atoms with E-state index < -0.39 is 0 Å². The molecule has 0 aromatic rings. The second kappa shape index (κ2) is 21.3. The molecule has 26 heavy (non-hydrogen) atoms. The van der Waals surface area contributed by atoms with E-state index in [9.17, 15) is 4.79 Å². The maximum atomic E-state index is 12.1. The molecule has 0 bridgehead atoms. The number of ether oxygens (including phenoxy) is 1. The minimum Gasteiger partial charge on any atom is -0.462 e. The zero-order chi connectivity index (χ0) is 19.3. The Balaban J connectivity index is 3.99. The minimum atomic E-state index is 0.0292. The van der Waals surface area contributed by atoms with Crippen molar-refractivity contribution in [3.8, 4) is 0 Å². The van der Waals surface area contributed by atoms with Crippen LogP contribution < -0.4 is 0 Å². The van der Waals surface area contributed by atoms with Gasteiger partial charge in [0.05, 0.1) is 0 Å². The summed E-state index contributed by atoms with van der Waals surface area (Å²) in [7, 11) is 0. The van der Waals surface area contributed by atoms with Gasteiger partial charge in [0.1, 0.15) is 6.10 Å². The lowest BCUT2D eigenvalue weighted by Gasteiger charge is -2.18. The van der Waals surface area contributed by atoms with Crippen LogP contribution in [-0.4, -0.2) is 17.4 Å². The van der Waals surface area contributed by atoms with E-state index in [1.807, 2.05) is 0 Å². The average molecular weight is 434 g/mol. The zero-order valence-corrected chi connectivity index (χ0v) is 19.3. The van der Waals surface area contributed by atoms with Crippen molar-refractivity contribution in [2.24, 2.45) is 0 Å². The SMILES string of the molecule is CCCCCCCCC(CCCCCCCC)OC(=O)CCCCCBr. The van der Waals surface area contributed by atoms with Crippen LogP contribution in [0.1, 0.15) is 129 Å². The lowest BCUT2D eigenvalue weighted by atomic mass is 10.0. The number of carbonyl (C=O) groups excluding carboxylic acids is 1. The van der Waals surface area contributed by atoms with Gasteiger partial charge in [0, 0.05) is 11.8 Å². The molecular formula is C23H45BrO2. The summed E-state index contributed by atoms with van der Waals surface area (Å²) in [5.74, 6) is 0.0292. The Morgan fingerprint density at radius 2 is 1.15 bits per heavy atom. The maximum absolute atomic E-state index is 12.1. The van der Waals surface area contributed by atoms with E-state index in [1.54, 1.807) is 0 Å². The van der Waals surface area contributed by atoms with Gasteiger partial charge in [-0.3, -0.25) is 4.79 Å². The molecule has 0 fully saturated rings. The molecule has 0 spiro atoms. The monoisotopic (exact) mass is 432 g/mol. The van der Waals surface area contributed by atoms with Crippen molar-refractivity contribution in [2.45, 2.75) is 136 Å². The van der Waals surface area contributed by atoms with Crippen LogP contribution in [0, 0.1) is 0 Å². The number of halogens is 1. The number of unbranched alkanes of at least 4 members (excludes halogenated alkanes) is 12. The summed E-state index contributed by atoms with van der Waals surface area (Å²) in [5.41, 5.74) is 0. The van der Waals surface area contributed by atoms with Gasteiger partial charge in [0.25, 0.3) is 0 Å². The third kappa shape index (κ3) is 18.7. The first-order valence-electron chi connectivity index (χ1n) is 11.5. The Hall–Kier alpha value is -0.0500. The first-order chi connectivity index (χ1) is 12.7. The largest absolute Gasteiger partial charge is 0.462 e. The quantitative estimate of drug-likeness (QED) is 0.110. The van der Waals surface area contributed by atoms with Gasteiger partial charge in [0.15, 0.2) is 0 Å². The van der Waals surface area contributed by atoms with Crippen LogP contribution in [0.4, 0.5) is 0 Å². The molecule has 156 valence electrons. The zero-order valence-electron chi connectivity index (χ0n) is 17.7. The number of hydrogen-bond acceptors (Lipinski definition) is 2. The third-order valence-corrected chi connectivity index (χ3v) is 5.63. The number of hydrogen-bond donors (Lipinski definition) is 0.